The molecule has 0 saturated heterocycles. The van der Waals surface area contributed by atoms with E-state index < -0.39 is 23.8 Å². The van der Waals surface area contributed by atoms with Crippen molar-refractivity contribution in [1.82, 2.24) is 10.4 Å². The number of carboxylic acid groups (broad SMARTS) is 1. The van der Waals surface area contributed by atoms with Crippen LogP contribution in [0.15, 0.2) is 36.2 Å². The lowest BCUT2D eigenvalue weighted by Gasteiger charge is -2.19. The van der Waals surface area contributed by atoms with Crippen LogP contribution < -0.4 is 10.4 Å². The number of nitrogens with one attached hydrogen (secondary N) is 1. The van der Waals surface area contributed by atoms with Gasteiger partial charge in [0.25, 0.3) is 0 Å². The maximum atomic E-state index is 12.6. The van der Waals surface area contributed by atoms with Crippen molar-refractivity contribution >= 4 is 23.4 Å². The largest absolute Gasteiger partial charge is 0.478 e. The lowest BCUT2D eigenvalue weighted by Crippen LogP contribution is -2.35. The summed E-state index contributed by atoms with van der Waals surface area (Å²) in [6, 6.07) is 1.82. The van der Waals surface area contributed by atoms with Gasteiger partial charge in [-0.25, -0.2) is 15.2 Å². The van der Waals surface area contributed by atoms with Crippen molar-refractivity contribution in [2.75, 3.05) is 5.01 Å². The summed E-state index contributed by atoms with van der Waals surface area (Å²) in [7, 11) is 0. The molecule has 0 amide bonds. The Balaban J connectivity index is 2.29. The van der Waals surface area contributed by atoms with E-state index in [0.29, 0.717) is 12.3 Å². The minimum atomic E-state index is -4.58. The molecule has 23 heavy (non-hydrogen) atoms. The third-order valence-corrected chi connectivity index (χ3v) is 3.10. The molecule has 6 nitrogen and oxygen atoms in total. The van der Waals surface area contributed by atoms with Crippen LogP contribution in [-0.2, 0) is 11.0 Å². The molecule has 0 spiro atoms. The molecule has 0 radical (unpaired) electrons. The SMILES string of the molecule is N#CC1=CN(c2ncc(C(F)(F)F)cc2Cl)NC1C=CC(=O)O. The van der Waals surface area contributed by atoms with Crippen LogP contribution in [0.2, 0.25) is 5.02 Å². The summed E-state index contributed by atoms with van der Waals surface area (Å²) in [5, 5.41) is 18.5. The van der Waals surface area contributed by atoms with Crippen LogP contribution in [-0.4, -0.2) is 22.1 Å². The molecule has 0 saturated carbocycles. The van der Waals surface area contributed by atoms with Gasteiger partial charge in [0.15, 0.2) is 5.82 Å². The molecule has 1 aromatic rings. The number of rotatable bonds is 3. The Morgan fingerprint density at radius 2 is 2.26 bits per heavy atom. The number of anilines is 1. The molecule has 0 aromatic carbocycles. The van der Waals surface area contributed by atoms with E-state index in [-0.39, 0.29) is 16.4 Å². The predicted octanol–water partition coefficient (Wildman–Crippen LogP) is 2.50. The molecule has 1 aliphatic heterocycles. The average Bonchev–Trinajstić information content (AvgIpc) is 2.87. The first-order valence-corrected chi connectivity index (χ1v) is 6.41. The van der Waals surface area contributed by atoms with Crippen LogP contribution in [0.1, 0.15) is 5.56 Å². The highest BCUT2D eigenvalue weighted by molar-refractivity contribution is 6.33. The number of aliphatic carboxylic acids is 1. The first kappa shape index (κ1) is 16.8. The summed E-state index contributed by atoms with van der Waals surface area (Å²) < 4.78 is 37.8. The zero-order chi connectivity index (χ0) is 17.2. The van der Waals surface area contributed by atoms with Gasteiger partial charge >= 0.3 is 12.1 Å². The van der Waals surface area contributed by atoms with Crippen molar-refractivity contribution in [3.8, 4) is 6.07 Å². The van der Waals surface area contributed by atoms with E-state index in [9.17, 15) is 18.0 Å². The number of nitrogens with zero attached hydrogens (tertiary/aromatic N) is 3. The van der Waals surface area contributed by atoms with Gasteiger partial charge in [-0.15, -0.1) is 0 Å². The molecule has 1 atom stereocenters. The van der Waals surface area contributed by atoms with E-state index in [0.717, 1.165) is 11.1 Å². The predicted molar refractivity (Wildman–Crippen MR) is 74.1 cm³/mol. The fraction of sp³-hybridized carbons (Fsp3) is 0.154. The smallest absolute Gasteiger partial charge is 0.417 e. The van der Waals surface area contributed by atoms with Crippen molar-refractivity contribution < 1.29 is 23.1 Å². The molecule has 0 bridgehead atoms. The van der Waals surface area contributed by atoms with Gasteiger partial charge in [0.2, 0.25) is 0 Å². The number of hydrogen-bond donors (Lipinski definition) is 2. The van der Waals surface area contributed by atoms with E-state index in [2.05, 4.69) is 10.4 Å². The zero-order valence-corrected chi connectivity index (χ0v) is 11.9. The quantitative estimate of drug-likeness (QED) is 0.819. The highest BCUT2D eigenvalue weighted by Gasteiger charge is 2.33. The number of hydrazine groups is 1. The molecule has 1 unspecified atom stereocenters. The molecular formula is C13H8ClF3N4O2. The van der Waals surface area contributed by atoms with Crippen LogP contribution in [0.4, 0.5) is 19.0 Å². The van der Waals surface area contributed by atoms with Gasteiger partial charge in [-0.1, -0.05) is 17.7 Å². The number of aromatic nitrogens is 1. The molecule has 10 heteroatoms. The standard InChI is InChI=1S/C13H8ClF3N4O2/c14-9-3-8(13(15,16)17)5-19-12(9)21-6-7(4-18)10(20-21)1-2-11(22)23/h1-3,5-6,10,20H,(H,22,23). The Morgan fingerprint density at radius 1 is 1.57 bits per heavy atom. The topological polar surface area (TPSA) is 89.3 Å². The second kappa shape index (κ2) is 6.28. The van der Waals surface area contributed by atoms with Crippen LogP contribution >= 0.6 is 11.6 Å². The third-order valence-electron chi connectivity index (χ3n) is 2.82. The number of alkyl halides is 3. The van der Waals surface area contributed by atoms with Gasteiger partial charge in [0.1, 0.15) is 0 Å². The normalized spacial score (nSPS) is 18.1. The zero-order valence-electron chi connectivity index (χ0n) is 11.2. The van der Waals surface area contributed by atoms with Gasteiger partial charge in [0.05, 0.1) is 28.3 Å². The molecule has 1 aliphatic rings. The second-order valence-corrected chi connectivity index (χ2v) is 4.80. The van der Waals surface area contributed by atoms with Crippen LogP contribution in [0, 0.1) is 11.3 Å². The van der Waals surface area contributed by atoms with E-state index >= 15 is 0 Å². The Morgan fingerprint density at radius 3 is 2.78 bits per heavy atom. The lowest BCUT2D eigenvalue weighted by molar-refractivity contribution is -0.137. The van der Waals surface area contributed by atoms with Crippen LogP contribution in [0.25, 0.3) is 0 Å². The Bertz CT molecular complexity index is 740. The van der Waals surface area contributed by atoms with E-state index in [4.69, 9.17) is 22.0 Å². The van der Waals surface area contributed by atoms with Crippen molar-refractivity contribution in [3.63, 3.8) is 0 Å². The van der Waals surface area contributed by atoms with Gasteiger partial charge in [0, 0.05) is 18.5 Å². The molecule has 0 aliphatic carbocycles. The minimum Gasteiger partial charge on any atom is -0.478 e. The molecule has 2 rings (SSSR count). The average molecular weight is 345 g/mol. The molecule has 2 heterocycles. The van der Waals surface area contributed by atoms with E-state index in [1.54, 1.807) is 0 Å². The third kappa shape index (κ3) is 3.80. The first-order valence-electron chi connectivity index (χ1n) is 6.03. The molecule has 1 aromatic heterocycles. The minimum absolute atomic E-state index is 0.0429. The highest BCUT2D eigenvalue weighted by atomic mass is 35.5. The number of nitriles is 1. The first-order chi connectivity index (χ1) is 10.7. The van der Waals surface area contributed by atoms with Crippen molar-refractivity contribution in [2.24, 2.45) is 0 Å². The summed E-state index contributed by atoms with van der Waals surface area (Å²) in [5.74, 6) is -1.24. The fourth-order valence-corrected chi connectivity index (χ4v) is 2.04. The lowest BCUT2D eigenvalue weighted by atomic mass is 10.1. The maximum Gasteiger partial charge on any atom is 0.417 e. The number of hydrogen-bond acceptors (Lipinski definition) is 5. The fourth-order valence-electron chi connectivity index (χ4n) is 1.78. The van der Waals surface area contributed by atoms with Gasteiger partial charge in [-0.05, 0) is 6.07 Å². The van der Waals surface area contributed by atoms with Gasteiger partial charge in [-0.3, -0.25) is 5.01 Å². The van der Waals surface area contributed by atoms with Crippen molar-refractivity contribution in [1.29, 1.82) is 5.26 Å². The summed E-state index contributed by atoms with van der Waals surface area (Å²) in [6.07, 6.45) is -0.626. The number of pyridine rings is 1. The highest BCUT2D eigenvalue weighted by Crippen LogP contribution is 2.34. The van der Waals surface area contributed by atoms with E-state index in [1.807, 2.05) is 6.07 Å². The summed E-state index contributed by atoms with van der Waals surface area (Å²) in [5.41, 5.74) is 1.85. The monoisotopic (exact) mass is 344 g/mol. The summed E-state index contributed by atoms with van der Waals surface area (Å²) in [6.45, 7) is 0. The Kier molecular flexibility index (Phi) is 4.58. The number of carbonyl (C=O) groups is 1. The number of halogens is 4. The summed E-state index contributed by atoms with van der Waals surface area (Å²) in [4.78, 5) is 14.2. The molecular weight excluding hydrogens is 337 g/mol. The Labute approximate surface area is 133 Å². The molecule has 2 N–H and O–H groups in total. The van der Waals surface area contributed by atoms with Crippen LogP contribution in [0.3, 0.4) is 0 Å². The number of carboxylic acids is 1. The van der Waals surface area contributed by atoms with Gasteiger partial charge in [-0.2, -0.15) is 18.4 Å². The van der Waals surface area contributed by atoms with Gasteiger partial charge < -0.3 is 5.11 Å². The van der Waals surface area contributed by atoms with E-state index in [1.165, 1.54) is 12.3 Å². The van der Waals surface area contributed by atoms with Crippen molar-refractivity contribution in [2.45, 2.75) is 12.2 Å². The second-order valence-electron chi connectivity index (χ2n) is 4.40. The van der Waals surface area contributed by atoms with Crippen LogP contribution in [0.5, 0.6) is 0 Å². The maximum absolute atomic E-state index is 12.6. The molecule has 0 fully saturated rings. The Hall–Kier alpha value is -2.57. The summed E-state index contributed by atoms with van der Waals surface area (Å²) >= 11 is 5.81. The van der Waals surface area contributed by atoms with Crippen molar-refractivity contribution in [3.05, 3.63) is 46.8 Å². The molecule has 120 valence electrons.